The van der Waals surface area contributed by atoms with Crippen LogP contribution in [0.1, 0.15) is 105 Å². The van der Waals surface area contributed by atoms with Gasteiger partial charge in [-0.3, -0.25) is 43.3 Å². The van der Waals surface area contributed by atoms with Crippen molar-refractivity contribution in [2.45, 2.75) is 128 Å². The molecule has 7 rings (SSSR count). The van der Waals surface area contributed by atoms with E-state index in [-0.39, 0.29) is 54.6 Å². The second-order valence-electron chi connectivity index (χ2n) is 17.3. The summed E-state index contributed by atoms with van der Waals surface area (Å²) in [5, 5.41) is 2.35. The Bertz CT molecular complexity index is 2350. The van der Waals surface area contributed by atoms with Crippen molar-refractivity contribution in [3.63, 3.8) is 0 Å². The van der Waals surface area contributed by atoms with Crippen LogP contribution in [0.25, 0.3) is 11.0 Å². The highest BCUT2D eigenvalue weighted by Crippen LogP contribution is 2.40. The van der Waals surface area contributed by atoms with Crippen LogP contribution < -0.4 is 27.4 Å². The lowest BCUT2D eigenvalue weighted by Gasteiger charge is -2.29. The van der Waals surface area contributed by atoms with Crippen molar-refractivity contribution < 1.29 is 33.4 Å². The number of primary amides is 1. The van der Waals surface area contributed by atoms with E-state index in [9.17, 15) is 28.8 Å². The Morgan fingerprint density at radius 3 is 2.35 bits per heavy atom. The van der Waals surface area contributed by atoms with Crippen LogP contribution in [0.15, 0.2) is 65.5 Å². The number of hydrogen-bond donors (Lipinski definition) is 3. The lowest BCUT2D eigenvalue weighted by Crippen LogP contribution is -2.50. The highest BCUT2D eigenvalue weighted by Gasteiger charge is 2.43. The Morgan fingerprint density at radius 2 is 1.58 bits per heavy atom. The lowest BCUT2D eigenvalue weighted by atomic mass is 9.89. The first-order valence-corrected chi connectivity index (χ1v) is 22.2. The van der Waals surface area contributed by atoms with Crippen molar-refractivity contribution in [3.05, 3.63) is 99.0 Å². The Balaban J connectivity index is 0.806. The number of para-hydroxylation sites is 1. The summed E-state index contributed by atoms with van der Waals surface area (Å²) in [6.07, 6.45) is 8.24. The maximum absolute atomic E-state index is 14.0. The van der Waals surface area contributed by atoms with Crippen LogP contribution in [0.5, 0.6) is 0 Å². The molecular formula is C48H60N6O8. The fourth-order valence-corrected chi connectivity index (χ4v) is 9.29. The smallest absolute Gasteiger partial charge is 0.329 e. The van der Waals surface area contributed by atoms with Crippen LogP contribution in [0.4, 0.5) is 5.69 Å². The molecule has 0 aliphatic carbocycles. The zero-order valence-corrected chi connectivity index (χ0v) is 35.9. The third-order valence-electron chi connectivity index (χ3n) is 12.9. The number of carbonyl (C=O) groups is 5. The van der Waals surface area contributed by atoms with E-state index in [0.717, 1.165) is 72.0 Å². The van der Waals surface area contributed by atoms with E-state index in [2.05, 4.69) is 29.6 Å². The molecule has 1 saturated heterocycles. The van der Waals surface area contributed by atoms with Gasteiger partial charge in [0.25, 0.3) is 0 Å². The van der Waals surface area contributed by atoms with E-state index in [1.54, 1.807) is 16.5 Å². The molecule has 3 aromatic carbocycles. The number of ketones is 1. The first-order valence-electron chi connectivity index (χ1n) is 22.2. The number of Topliss-reactive ketones (excluding diaryl/α,β-unsaturated/α-hetero) is 1. The van der Waals surface area contributed by atoms with Crippen molar-refractivity contribution in [3.8, 4) is 0 Å². The molecule has 330 valence electrons. The zero-order chi connectivity index (χ0) is 43.9. The van der Waals surface area contributed by atoms with Crippen LogP contribution in [0.3, 0.4) is 0 Å². The summed E-state index contributed by atoms with van der Waals surface area (Å²) in [6.45, 7) is 3.66. The van der Waals surface area contributed by atoms with Gasteiger partial charge in [0.15, 0.2) is 5.78 Å². The van der Waals surface area contributed by atoms with Gasteiger partial charge in [-0.25, -0.2) is 4.79 Å². The predicted octanol–water partition coefficient (Wildman–Crippen LogP) is 4.66. The van der Waals surface area contributed by atoms with Gasteiger partial charge >= 0.3 is 5.69 Å². The number of carbonyl (C=O) groups excluding carboxylic acids is 5. The Morgan fingerprint density at radius 1 is 0.855 bits per heavy atom. The minimum atomic E-state index is -0.688. The summed E-state index contributed by atoms with van der Waals surface area (Å²) in [5.74, 6) is -1.69. The molecule has 1 fully saturated rings. The number of nitrogens with two attached hydrogens (primary N) is 2. The fraction of sp³-hybridized carbons (Fsp3) is 0.500. The van der Waals surface area contributed by atoms with Gasteiger partial charge in [-0.05, 0) is 111 Å². The average Bonchev–Trinajstić information content (AvgIpc) is 3.73. The van der Waals surface area contributed by atoms with Gasteiger partial charge in [-0.1, -0.05) is 55.0 Å². The molecule has 0 radical (unpaired) electrons. The van der Waals surface area contributed by atoms with E-state index < -0.39 is 29.9 Å². The van der Waals surface area contributed by atoms with E-state index in [0.29, 0.717) is 57.4 Å². The molecule has 0 bridgehead atoms. The van der Waals surface area contributed by atoms with E-state index in [1.165, 1.54) is 10.1 Å². The number of rotatable bonds is 21. The molecule has 14 heteroatoms. The number of imide groups is 1. The number of nitrogens with zero attached hydrogens (tertiary/aromatic N) is 3. The summed E-state index contributed by atoms with van der Waals surface area (Å²) in [7, 11) is 1.71. The molecule has 14 nitrogen and oxygen atoms in total. The summed E-state index contributed by atoms with van der Waals surface area (Å²) in [6, 6.07) is 18.3. The second kappa shape index (κ2) is 20.2. The minimum absolute atomic E-state index is 0.0590. The van der Waals surface area contributed by atoms with Crippen molar-refractivity contribution in [2.75, 3.05) is 18.1 Å². The highest BCUT2D eigenvalue weighted by molar-refractivity contribution is 6.07. The number of aryl methyl sites for hydroxylation is 4. The molecule has 3 aliphatic heterocycles. The van der Waals surface area contributed by atoms with Gasteiger partial charge in [0.05, 0.1) is 41.5 Å². The topological polar surface area (TPSA) is 198 Å². The number of piperidine rings is 1. The van der Waals surface area contributed by atoms with Crippen molar-refractivity contribution in [1.29, 1.82) is 0 Å². The number of ether oxygens (including phenoxy) is 2. The lowest BCUT2D eigenvalue weighted by molar-refractivity contribution is -0.135. The number of imidazole rings is 1. The largest absolute Gasteiger partial charge is 0.381 e. The Kier molecular flexibility index (Phi) is 14.5. The fourth-order valence-electron chi connectivity index (χ4n) is 9.29. The van der Waals surface area contributed by atoms with E-state index >= 15 is 0 Å². The molecule has 0 saturated carbocycles. The SMILES string of the molecule is C[C@@H](OCc1ccc(CCCOCCCCCc2ccc3c(c2)n(C)c(=O)n3C2CCC(=O)NC2=O)cc1)[C@H](CCC(N)=O)CC(=O)[C@@H]1Cc2cccc3c2N1C(=O)[C@@H](N)CC3. The van der Waals surface area contributed by atoms with Crippen molar-refractivity contribution in [1.82, 2.24) is 14.5 Å². The molecule has 4 amide bonds. The second-order valence-corrected chi connectivity index (χ2v) is 17.3. The van der Waals surface area contributed by atoms with E-state index in [4.69, 9.17) is 20.9 Å². The summed E-state index contributed by atoms with van der Waals surface area (Å²) < 4.78 is 15.3. The Labute approximate surface area is 362 Å². The summed E-state index contributed by atoms with van der Waals surface area (Å²) in [4.78, 5) is 77.9. The maximum Gasteiger partial charge on any atom is 0.329 e. The van der Waals surface area contributed by atoms with Crippen LogP contribution >= 0.6 is 0 Å². The first kappa shape index (κ1) is 44.6. The molecule has 4 aromatic rings. The van der Waals surface area contributed by atoms with Gasteiger partial charge in [0.2, 0.25) is 23.6 Å². The van der Waals surface area contributed by atoms with Gasteiger partial charge in [0, 0.05) is 45.9 Å². The summed E-state index contributed by atoms with van der Waals surface area (Å²) in [5.41, 5.74) is 19.2. The van der Waals surface area contributed by atoms with Crippen LogP contribution in [0.2, 0.25) is 0 Å². The van der Waals surface area contributed by atoms with Crippen LogP contribution in [0, 0.1) is 5.92 Å². The molecule has 5 atom stereocenters. The first-order chi connectivity index (χ1) is 29.9. The number of unbranched alkanes of at least 4 members (excludes halogenated alkanes) is 2. The monoisotopic (exact) mass is 848 g/mol. The van der Waals surface area contributed by atoms with Gasteiger partial charge in [-0.2, -0.15) is 0 Å². The molecular weight excluding hydrogens is 789 g/mol. The third kappa shape index (κ3) is 10.3. The number of benzene rings is 3. The normalized spacial score (nSPS) is 19.6. The van der Waals surface area contributed by atoms with Crippen molar-refractivity contribution >= 4 is 46.1 Å². The number of fused-ring (bicyclic) bond motifs is 1. The van der Waals surface area contributed by atoms with Crippen LogP contribution in [-0.4, -0.2) is 69.9 Å². The van der Waals surface area contributed by atoms with E-state index in [1.807, 2.05) is 43.3 Å². The number of aromatic nitrogens is 2. The molecule has 5 N–H and O–H groups in total. The van der Waals surface area contributed by atoms with Crippen LogP contribution in [-0.2, 0) is 72.8 Å². The standard InChI is InChI=1S/C48H60N6O8/c1-30(35(18-22-43(50)56)28-42(55)41-27-36-11-6-10-34-17-19-37(49)47(59)54(41)45(34)36)62-29-33-14-12-31(13-15-33)9-7-25-61-24-5-3-4-8-32-16-20-38-40(26-32)52(2)48(60)53(38)39-21-23-44(57)51-46(39)58/h6,10-16,20,26,30,35,37,39,41H,3-5,7-9,17-19,21-25,27-29,49H2,1-2H3,(H2,50,56)(H,51,57,58)/t30-,35-,37+,39?,41+/m1/s1. The van der Waals surface area contributed by atoms with Gasteiger partial charge in [0.1, 0.15) is 6.04 Å². The third-order valence-corrected chi connectivity index (χ3v) is 12.9. The van der Waals surface area contributed by atoms with Crippen molar-refractivity contribution in [2.24, 2.45) is 24.4 Å². The molecule has 0 spiro atoms. The number of amides is 4. The van der Waals surface area contributed by atoms with Gasteiger partial charge in [-0.15, -0.1) is 0 Å². The quantitative estimate of drug-likeness (QED) is 0.0789. The summed E-state index contributed by atoms with van der Waals surface area (Å²) >= 11 is 0. The number of hydrogen-bond acceptors (Lipinski definition) is 9. The molecule has 1 aromatic heterocycles. The highest BCUT2D eigenvalue weighted by atomic mass is 16.5. The average molecular weight is 849 g/mol. The molecule has 4 heterocycles. The minimum Gasteiger partial charge on any atom is -0.381 e. The number of nitrogens with one attached hydrogen (secondary N) is 1. The number of anilines is 1. The predicted molar refractivity (Wildman–Crippen MR) is 235 cm³/mol. The molecule has 1 unspecified atom stereocenters. The maximum atomic E-state index is 14.0. The Hall–Kier alpha value is -5.44. The molecule has 3 aliphatic rings. The zero-order valence-electron chi connectivity index (χ0n) is 35.9. The molecule has 62 heavy (non-hydrogen) atoms. The van der Waals surface area contributed by atoms with Gasteiger partial charge < -0.3 is 20.9 Å².